The molecule has 2 N–H and O–H groups in total. The van der Waals surface area contributed by atoms with Gasteiger partial charge in [-0.25, -0.2) is 9.59 Å². The second-order valence-electron chi connectivity index (χ2n) is 11.6. The molecule has 0 saturated carbocycles. The first-order valence-corrected chi connectivity index (χ1v) is 15.6. The molecule has 0 aromatic heterocycles. The molecule has 0 aliphatic carbocycles. The van der Waals surface area contributed by atoms with Crippen LogP contribution in [0.3, 0.4) is 0 Å². The number of nitrogens with zero attached hydrogens (tertiary/aromatic N) is 1. The van der Waals surface area contributed by atoms with Gasteiger partial charge in [-0.1, -0.05) is 55.3 Å². The summed E-state index contributed by atoms with van der Waals surface area (Å²) in [5.74, 6) is -2.48. The number of likely N-dealkylation sites (N-methyl/N-ethyl adjacent to an activating group) is 1. The molecule has 45 heavy (non-hydrogen) atoms. The SMILES string of the molecule is COc1ccc2ccc(CCCCCN(C)C(=O)C(OCCCCCc3ccc(C)c(C)c3)C(OCC(=O)O)C(=O)O)cc2c1. The lowest BCUT2D eigenvalue weighted by atomic mass is 10.0. The van der Waals surface area contributed by atoms with E-state index in [-0.39, 0.29) is 6.61 Å². The molecule has 3 aromatic rings. The number of rotatable bonds is 20. The first-order valence-electron chi connectivity index (χ1n) is 15.6. The van der Waals surface area contributed by atoms with Crippen LogP contribution < -0.4 is 4.74 Å². The Morgan fingerprint density at radius 1 is 0.733 bits per heavy atom. The van der Waals surface area contributed by atoms with Gasteiger partial charge in [0.05, 0.1) is 7.11 Å². The Hall–Kier alpha value is -3.95. The molecule has 1 amide bonds. The molecular formula is C36H47NO8. The second-order valence-corrected chi connectivity index (χ2v) is 11.6. The predicted molar refractivity (Wildman–Crippen MR) is 174 cm³/mol. The number of hydrogen-bond donors (Lipinski definition) is 2. The number of carboxylic acid groups (broad SMARTS) is 2. The van der Waals surface area contributed by atoms with E-state index in [0.29, 0.717) is 13.0 Å². The van der Waals surface area contributed by atoms with E-state index < -0.39 is 36.7 Å². The fourth-order valence-corrected chi connectivity index (χ4v) is 5.25. The monoisotopic (exact) mass is 621 g/mol. The highest BCUT2D eigenvalue weighted by atomic mass is 16.6. The zero-order chi connectivity index (χ0) is 32.8. The van der Waals surface area contributed by atoms with Crippen molar-refractivity contribution in [2.75, 3.05) is 33.9 Å². The van der Waals surface area contributed by atoms with E-state index >= 15 is 0 Å². The summed E-state index contributed by atoms with van der Waals surface area (Å²) in [4.78, 5) is 37.9. The summed E-state index contributed by atoms with van der Waals surface area (Å²) in [7, 11) is 3.26. The van der Waals surface area contributed by atoms with Crippen LogP contribution in [0, 0.1) is 13.8 Å². The molecule has 2 unspecified atom stereocenters. The van der Waals surface area contributed by atoms with E-state index in [4.69, 9.17) is 19.3 Å². The van der Waals surface area contributed by atoms with Gasteiger partial charge >= 0.3 is 11.9 Å². The third-order valence-electron chi connectivity index (χ3n) is 8.07. The topological polar surface area (TPSA) is 123 Å². The molecule has 3 aromatic carbocycles. The number of benzene rings is 3. The summed E-state index contributed by atoms with van der Waals surface area (Å²) in [6.07, 6.45) is 3.56. The van der Waals surface area contributed by atoms with Gasteiger partial charge in [0.1, 0.15) is 12.4 Å². The minimum absolute atomic E-state index is 0.162. The molecule has 244 valence electrons. The highest BCUT2D eigenvalue weighted by Crippen LogP contribution is 2.23. The van der Waals surface area contributed by atoms with E-state index in [1.165, 1.54) is 27.2 Å². The fourth-order valence-electron chi connectivity index (χ4n) is 5.25. The molecule has 0 aliphatic heterocycles. The number of aryl methyl sites for hydroxylation is 4. The Morgan fingerprint density at radius 2 is 1.40 bits per heavy atom. The number of hydrogen-bond acceptors (Lipinski definition) is 6. The number of methoxy groups -OCH3 is 1. The van der Waals surface area contributed by atoms with E-state index in [1.807, 2.05) is 18.2 Å². The van der Waals surface area contributed by atoms with Crippen LogP contribution in [0.5, 0.6) is 5.75 Å². The van der Waals surface area contributed by atoms with Crippen molar-refractivity contribution in [3.63, 3.8) is 0 Å². The average Bonchev–Trinajstić information content (AvgIpc) is 3.02. The highest BCUT2D eigenvalue weighted by molar-refractivity contribution is 5.88. The molecule has 0 aliphatic rings. The molecule has 9 heteroatoms. The molecule has 9 nitrogen and oxygen atoms in total. The average molecular weight is 622 g/mol. The third kappa shape index (κ3) is 11.5. The van der Waals surface area contributed by atoms with Gasteiger partial charge in [0.25, 0.3) is 5.91 Å². The van der Waals surface area contributed by atoms with Crippen molar-refractivity contribution < 1.29 is 38.8 Å². The molecule has 0 fully saturated rings. The molecule has 0 radical (unpaired) electrons. The summed E-state index contributed by atoms with van der Waals surface area (Å²) >= 11 is 0. The molecule has 0 heterocycles. The fraction of sp³-hybridized carbons (Fsp3) is 0.472. The summed E-state index contributed by atoms with van der Waals surface area (Å²) in [5, 5.41) is 21.1. The molecular weight excluding hydrogens is 574 g/mol. The molecule has 3 rings (SSSR count). The van der Waals surface area contributed by atoms with E-state index in [9.17, 15) is 19.5 Å². The van der Waals surface area contributed by atoms with Crippen molar-refractivity contribution in [2.24, 2.45) is 0 Å². The minimum Gasteiger partial charge on any atom is -0.497 e. The summed E-state index contributed by atoms with van der Waals surface area (Å²) in [6, 6.07) is 18.8. The number of aliphatic carboxylic acids is 2. The van der Waals surface area contributed by atoms with Crippen LogP contribution >= 0.6 is 0 Å². The van der Waals surface area contributed by atoms with Gasteiger partial charge in [-0.2, -0.15) is 0 Å². The van der Waals surface area contributed by atoms with Crippen molar-refractivity contribution in [1.82, 2.24) is 4.90 Å². The number of unbranched alkanes of at least 4 members (excludes halogenated alkanes) is 4. The minimum atomic E-state index is -1.72. The molecule has 0 bridgehead atoms. The van der Waals surface area contributed by atoms with Gasteiger partial charge in [0.2, 0.25) is 0 Å². The van der Waals surface area contributed by atoms with Crippen molar-refractivity contribution in [1.29, 1.82) is 0 Å². The van der Waals surface area contributed by atoms with E-state index in [1.54, 1.807) is 14.2 Å². The Balaban J connectivity index is 1.49. The zero-order valence-corrected chi connectivity index (χ0v) is 26.9. The van der Waals surface area contributed by atoms with E-state index in [0.717, 1.165) is 61.5 Å². The molecule has 0 saturated heterocycles. The Kier molecular flexibility index (Phi) is 14.3. The number of carboxylic acids is 2. The predicted octanol–water partition coefficient (Wildman–Crippen LogP) is 5.99. The van der Waals surface area contributed by atoms with Gasteiger partial charge in [0, 0.05) is 20.2 Å². The lowest BCUT2D eigenvalue weighted by Crippen LogP contribution is -2.50. The van der Waals surface area contributed by atoms with Gasteiger partial charge in [0.15, 0.2) is 12.2 Å². The second kappa shape index (κ2) is 18.1. The largest absolute Gasteiger partial charge is 0.497 e. The van der Waals surface area contributed by atoms with Crippen molar-refractivity contribution in [2.45, 2.75) is 77.4 Å². The van der Waals surface area contributed by atoms with Crippen molar-refractivity contribution >= 4 is 28.6 Å². The van der Waals surface area contributed by atoms with Crippen molar-refractivity contribution in [3.05, 3.63) is 76.9 Å². The quantitative estimate of drug-likeness (QED) is 0.148. The van der Waals surface area contributed by atoms with Gasteiger partial charge in [-0.3, -0.25) is 4.79 Å². The summed E-state index contributed by atoms with van der Waals surface area (Å²) in [5.41, 5.74) is 5.00. The zero-order valence-electron chi connectivity index (χ0n) is 26.9. The maximum absolute atomic E-state index is 13.4. The third-order valence-corrected chi connectivity index (χ3v) is 8.07. The molecule has 0 spiro atoms. The number of fused-ring (bicyclic) bond motifs is 1. The summed E-state index contributed by atoms with van der Waals surface area (Å²) < 4.78 is 16.3. The van der Waals surface area contributed by atoms with Crippen LogP contribution in [0.4, 0.5) is 0 Å². The normalized spacial score (nSPS) is 12.5. The number of amides is 1. The van der Waals surface area contributed by atoms with Crippen molar-refractivity contribution in [3.8, 4) is 5.75 Å². The van der Waals surface area contributed by atoms with E-state index in [2.05, 4.69) is 50.2 Å². The highest BCUT2D eigenvalue weighted by Gasteiger charge is 2.37. The van der Waals surface area contributed by atoms with Crippen LogP contribution in [0.2, 0.25) is 0 Å². The smallest absolute Gasteiger partial charge is 0.336 e. The van der Waals surface area contributed by atoms with Crippen LogP contribution in [-0.2, 0) is 36.7 Å². The lowest BCUT2D eigenvalue weighted by molar-refractivity contribution is -0.175. The Labute approximate surface area is 266 Å². The summed E-state index contributed by atoms with van der Waals surface area (Å²) in [6.45, 7) is 3.91. The Morgan fingerprint density at radius 3 is 2.07 bits per heavy atom. The maximum Gasteiger partial charge on any atom is 0.336 e. The molecule has 2 atom stereocenters. The van der Waals surface area contributed by atoms with Gasteiger partial charge in [-0.05, 0) is 97.5 Å². The number of carbonyl (C=O) groups is 3. The van der Waals surface area contributed by atoms with Crippen LogP contribution in [0.1, 0.15) is 60.8 Å². The maximum atomic E-state index is 13.4. The first-order chi connectivity index (χ1) is 21.6. The van der Waals surface area contributed by atoms with Gasteiger partial charge in [-0.15, -0.1) is 0 Å². The van der Waals surface area contributed by atoms with Gasteiger partial charge < -0.3 is 29.3 Å². The number of carbonyl (C=O) groups excluding carboxylic acids is 1. The number of ether oxygens (including phenoxy) is 3. The standard InChI is InChI=1S/C36H47NO8/c1-25-13-14-27(21-26(25)2)11-8-6-10-20-44-33(34(36(41)42)45-24-32(38)39)35(40)37(3)19-9-5-7-12-28-15-16-29-17-18-31(43-4)23-30(29)22-28/h13-18,21-23,33-34H,5-12,19-20,24H2,1-4H3,(H,38,39)(H,41,42). The van der Waals surface area contributed by atoms with Crippen LogP contribution in [0.15, 0.2) is 54.6 Å². The van der Waals surface area contributed by atoms with Crippen LogP contribution in [0.25, 0.3) is 10.8 Å². The van der Waals surface area contributed by atoms with Crippen LogP contribution in [-0.4, -0.2) is 79.1 Å². The first kappa shape index (κ1) is 35.5. The Bertz CT molecular complexity index is 1420. The lowest BCUT2D eigenvalue weighted by Gasteiger charge is -2.27.